The molecule has 0 aromatic carbocycles. The molecule has 0 amide bonds. The van der Waals surface area contributed by atoms with Crippen molar-refractivity contribution in [3.05, 3.63) is 11.0 Å². The summed E-state index contributed by atoms with van der Waals surface area (Å²) in [6.45, 7) is 5.83. The second-order valence-electron chi connectivity index (χ2n) is 4.24. The van der Waals surface area contributed by atoms with E-state index in [0.717, 1.165) is 5.75 Å². The SMILES string of the molecule is CCSC(C#N)=C[C@H]1[C@@H](C(=O)O)C1(C)C. The average Bonchev–Trinajstić information content (AvgIpc) is 2.67. The first-order valence-electron chi connectivity index (χ1n) is 4.92. The molecule has 82 valence electrons. The highest BCUT2D eigenvalue weighted by Crippen LogP contribution is 2.59. The molecular formula is C11H15NO2S. The van der Waals surface area contributed by atoms with Crippen LogP contribution in [-0.4, -0.2) is 16.8 Å². The molecule has 1 N–H and O–H groups in total. The highest BCUT2D eigenvalue weighted by atomic mass is 32.2. The molecule has 1 rings (SSSR count). The normalized spacial score (nSPS) is 28.3. The minimum Gasteiger partial charge on any atom is -0.481 e. The molecule has 0 aliphatic heterocycles. The van der Waals surface area contributed by atoms with Gasteiger partial charge in [0.05, 0.1) is 10.8 Å². The summed E-state index contributed by atoms with van der Waals surface area (Å²) < 4.78 is 0. The van der Waals surface area contributed by atoms with E-state index in [4.69, 9.17) is 10.4 Å². The van der Waals surface area contributed by atoms with Crippen molar-refractivity contribution in [2.24, 2.45) is 17.3 Å². The standard InChI is InChI=1S/C11H15NO2S/c1-4-15-7(6-12)5-8-9(10(13)14)11(8,2)3/h5,8-9H,4H2,1-3H3,(H,13,14)/t8-,9-/m0/s1. The Bertz CT molecular complexity index is 341. The third kappa shape index (κ3) is 2.35. The van der Waals surface area contributed by atoms with E-state index < -0.39 is 5.97 Å². The fourth-order valence-electron chi connectivity index (χ4n) is 1.90. The lowest BCUT2D eigenvalue weighted by atomic mass is 10.1. The van der Waals surface area contributed by atoms with Crippen molar-refractivity contribution in [2.45, 2.75) is 20.8 Å². The van der Waals surface area contributed by atoms with Gasteiger partial charge in [-0.2, -0.15) is 5.26 Å². The molecule has 0 heterocycles. The van der Waals surface area contributed by atoms with E-state index in [-0.39, 0.29) is 17.3 Å². The van der Waals surface area contributed by atoms with Crippen LogP contribution < -0.4 is 0 Å². The highest BCUT2D eigenvalue weighted by molar-refractivity contribution is 8.03. The van der Waals surface area contributed by atoms with Gasteiger partial charge in [-0.25, -0.2) is 0 Å². The topological polar surface area (TPSA) is 61.1 Å². The van der Waals surface area contributed by atoms with Gasteiger partial charge in [-0.3, -0.25) is 4.79 Å². The first-order valence-corrected chi connectivity index (χ1v) is 5.91. The second kappa shape index (κ2) is 4.28. The molecule has 0 spiro atoms. The van der Waals surface area contributed by atoms with Crippen LogP contribution in [0.2, 0.25) is 0 Å². The van der Waals surface area contributed by atoms with Gasteiger partial charge in [-0.15, -0.1) is 11.8 Å². The van der Waals surface area contributed by atoms with Crippen LogP contribution in [0.3, 0.4) is 0 Å². The van der Waals surface area contributed by atoms with Crippen LogP contribution in [0, 0.1) is 28.6 Å². The van der Waals surface area contributed by atoms with E-state index in [1.807, 2.05) is 26.8 Å². The van der Waals surface area contributed by atoms with Gasteiger partial charge >= 0.3 is 5.97 Å². The second-order valence-corrected chi connectivity index (χ2v) is 5.54. The van der Waals surface area contributed by atoms with E-state index in [2.05, 4.69) is 6.07 Å². The number of hydrogen-bond acceptors (Lipinski definition) is 3. The molecule has 0 aromatic heterocycles. The lowest BCUT2D eigenvalue weighted by Crippen LogP contribution is -2.03. The Balaban J connectivity index is 2.76. The quantitative estimate of drug-likeness (QED) is 0.747. The largest absolute Gasteiger partial charge is 0.481 e. The third-order valence-corrected chi connectivity index (χ3v) is 3.74. The summed E-state index contributed by atoms with van der Waals surface area (Å²) in [5, 5.41) is 17.8. The molecule has 1 aliphatic carbocycles. The average molecular weight is 225 g/mol. The predicted molar refractivity (Wildman–Crippen MR) is 60.2 cm³/mol. The van der Waals surface area contributed by atoms with Crippen LogP contribution >= 0.6 is 11.8 Å². The van der Waals surface area contributed by atoms with Gasteiger partial charge in [-0.1, -0.05) is 26.8 Å². The van der Waals surface area contributed by atoms with Crippen molar-refractivity contribution in [1.29, 1.82) is 5.26 Å². The fraction of sp³-hybridized carbons (Fsp3) is 0.636. The molecule has 0 saturated heterocycles. The number of thioether (sulfide) groups is 1. The highest BCUT2D eigenvalue weighted by Gasteiger charge is 2.61. The molecule has 15 heavy (non-hydrogen) atoms. The van der Waals surface area contributed by atoms with E-state index in [0.29, 0.717) is 4.91 Å². The molecule has 0 aromatic rings. The van der Waals surface area contributed by atoms with Gasteiger partial charge < -0.3 is 5.11 Å². The van der Waals surface area contributed by atoms with E-state index in [9.17, 15) is 4.79 Å². The Hall–Kier alpha value is -0.950. The van der Waals surface area contributed by atoms with Crippen LogP contribution in [0.1, 0.15) is 20.8 Å². The molecule has 1 fully saturated rings. The van der Waals surface area contributed by atoms with Crippen LogP contribution in [-0.2, 0) is 4.79 Å². The summed E-state index contributed by atoms with van der Waals surface area (Å²) in [6, 6.07) is 2.10. The number of carbonyl (C=O) groups is 1. The molecular weight excluding hydrogens is 210 g/mol. The van der Waals surface area contributed by atoms with Gasteiger partial charge in [0.15, 0.2) is 0 Å². The summed E-state index contributed by atoms with van der Waals surface area (Å²) in [4.78, 5) is 11.5. The minimum absolute atomic E-state index is 0.00343. The van der Waals surface area contributed by atoms with Crippen LogP contribution in [0.4, 0.5) is 0 Å². The van der Waals surface area contributed by atoms with Crippen molar-refractivity contribution in [3.8, 4) is 6.07 Å². The van der Waals surface area contributed by atoms with E-state index in [1.165, 1.54) is 11.8 Å². The number of nitrogens with zero attached hydrogens (tertiary/aromatic N) is 1. The zero-order chi connectivity index (χ0) is 11.6. The van der Waals surface area contributed by atoms with Crippen molar-refractivity contribution in [1.82, 2.24) is 0 Å². The monoisotopic (exact) mass is 225 g/mol. The lowest BCUT2D eigenvalue weighted by molar-refractivity contribution is -0.139. The number of nitriles is 1. The van der Waals surface area contributed by atoms with Crippen LogP contribution in [0.15, 0.2) is 11.0 Å². The Labute approximate surface area is 94.2 Å². The summed E-state index contributed by atoms with van der Waals surface area (Å²) >= 11 is 1.47. The molecule has 1 saturated carbocycles. The molecule has 1 aliphatic rings. The van der Waals surface area contributed by atoms with Crippen LogP contribution in [0.25, 0.3) is 0 Å². The Morgan fingerprint density at radius 2 is 2.27 bits per heavy atom. The number of aliphatic carboxylic acids is 1. The minimum atomic E-state index is -0.764. The predicted octanol–water partition coefficient (Wildman–Crippen LogP) is 2.50. The van der Waals surface area contributed by atoms with E-state index >= 15 is 0 Å². The summed E-state index contributed by atoms with van der Waals surface area (Å²) in [5.74, 6) is -0.258. The molecule has 4 heteroatoms. The summed E-state index contributed by atoms with van der Waals surface area (Å²) in [6.07, 6.45) is 1.81. The Morgan fingerprint density at radius 1 is 1.67 bits per heavy atom. The van der Waals surface area contributed by atoms with Crippen molar-refractivity contribution < 1.29 is 9.90 Å². The number of allylic oxidation sites excluding steroid dienone is 2. The zero-order valence-electron chi connectivity index (χ0n) is 9.15. The van der Waals surface area contributed by atoms with Crippen molar-refractivity contribution in [2.75, 3.05) is 5.75 Å². The zero-order valence-corrected chi connectivity index (χ0v) is 9.97. The fourth-order valence-corrected chi connectivity index (χ4v) is 2.52. The van der Waals surface area contributed by atoms with Gasteiger partial charge in [0, 0.05) is 0 Å². The molecule has 0 radical (unpaired) electrons. The molecule has 3 nitrogen and oxygen atoms in total. The number of carboxylic acid groups (broad SMARTS) is 1. The number of carboxylic acids is 1. The maximum Gasteiger partial charge on any atom is 0.307 e. The van der Waals surface area contributed by atoms with Gasteiger partial charge in [0.2, 0.25) is 0 Å². The van der Waals surface area contributed by atoms with Gasteiger partial charge in [-0.05, 0) is 17.1 Å². The Kier molecular flexibility index (Phi) is 3.46. The number of hydrogen-bond donors (Lipinski definition) is 1. The third-order valence-electron chi connectivity index (χ3n) is 2.92. The summed E-state index contributed by atoms with van der Waals surface area (Å²) in [5.41, 5.74) is -0.206. The van der Waals surface area contributed by atoms with Gasteiger partial charge in [0.1, 0.15) is 6.07 Å². The number of rotatable bonds is 4. The maximum absolute atomic E-state index is 10.9. The maximum atomic E-state index is 10.9. The Morgan fingerprint density at radius 3 is 2.60 bits per heavy atom. The van der Waals surface area contributed by atoms with Gasteiger partial charge in [0.25, 0.3) is 0 Å². The van der Waals surface area contributed by atoms with Crippen molar-refractivity contribution in [3.63, 3.8) is 0 Å². The van der Waals surface area contributed by atoms with E-state index in [1.54, 1.807) is 0 Å². The summed E-state index contributed by atoms with van der Waals surface area (Å²) in [7, 11) is 0. The smallest absolute Gasteiger partial charge is 0.307 e. The first kappa shape index (κ1) is 12.1. The first-order chi connectivity index (χ1) is 6.95. The molecule has 0 unspecified atom stereocenters. The molecule has 0 bridgehead atoms. The molecule has 2 atom stereocenters. The van der Waals surface area contributed by atoms with Crippen molar-refractivity contribution >= 4 is 17.7 Å². The lowest BCUT2D eigenvalue weighted by Gasteiger charge is -1.97. The van der Waals surface area contributed by atoms with Crippen LogP contribution in [0.5, 0.6) is 0 Å².